The summed E-state index contributed by atoms with van der Waals surface area (Å²) in [6.45, 7) is 5.46. The summed E-state index contributed by atoms with van der Waals surface area (Å²) < 4.78 is 0. The molecule has 0 amide bonds. The molecule has 0 atom stereocenters. The van der Waals surface area contributed by atoms with Crippen molar-refractivity contribution < 1.29 is 0 Å². The Hall–Kier alpha value is -2.40. The summed E-state index contributed by atoms with van der Waals surface area (Å²) in [6, 6.07) is 10.4. The largest absolute Gasteiger partial charge is 0.357 e. The van der Waals surface area contributed by atoms with Crippen molar-refractivity contribution in [3.8, 4) is 0 Å². The molecule has 0 aliphatic carbocycles. The van der Waals surface area contributed by atoms with Gasteiger partial charge in [0.2, 0.25) is 0 Å². The first-order valence-corrected chi connectivity index (χ1v) is 7.90. The first-order chi connectivity index (χ1) is 11.1. The fraction of sp³-hybridized carbons (Fsp3) is 0.333. The number of benzene rings is 1. The van der Waals surface area contributed by atoms with Gasteiger partial charge in [0.15, 0.2) is 0 Å². The highest BCUT2D eigenvalue weighted by molar-refractivity contribution is 5.84. The van der Waals surface area contributed by atoms with E-state index in [9.17, 15) is 0 Å². The van der Waals surface area contributed by atoms with E-state index in [1.165, 1.54) is 22.2 Å². The van der Waals surface area contributed by atoms with Gasteiger partial charge in [-0.25, -0.2) is 9.97 Å². The fourth-order valence-corrected chi connectivity index (χ4v) is 2.90. The highest BCUT2D eigenvalue weighted by Crippen LogP contribution is 2.23. The molecule has 0 saturated heterocycles. The summed E-state index contributed by atoms with van der Waals surface area (Å²) in [7, 11) is 2.05. The number of nitrogens with zero attached hydrogens (tertiary/aromatic N) is 3. The number of nitrogens with one attached hydrogen (secondary N) is 1. The zero-order chi connectivity index (χ0) is 16.4. The van der Waals surface area contributed by atoms with E-state index in [2.05, 4.69) is 58.1 Å². The molecular formula is C18H23N5. The predicted molar refractivity (Wildman–Crippen MR) is 94.7 cm³/mol. The van der Waals surface area contributed by atoms with E-state index >= 15 is 0 Å². The number of rotatable bonds is 5. The molecule has 1 aromatic carbocycles. The molecule has 3 N–H and O–H groups in total. The molecule has 0 aliphatic heterocycles. The maximum atomic E-state index is 5.64. The van der Waals surface area contributed by atoms with Crippen LogP contribution in [0.15, 0.2) is 30.3 Å². The molecule has 23 heavy (non-hydrogen) atoms. The average Bonchev–Trinajstić information content (AvgIpc) is 2.84. The molecule has 0 aliphatic rings. The fourth-order valence-electron chi connectivity index (χ4n) is 2.90. The highest BCUT2D eigenvalue weighted by Gasteiger charge is 2.12. The smallest absolute Gasteiger partial charge is 0.132 e. The number of aromatic amines is 1. The van der Waals surface area contributed by atoms with E-state index in [4.69, 9.17) is 5.73 Å². The minimum absolute atomic E-state index is 0.598. The molecule has 0 fully saturated rings. The Morgan fingerprint density at radius 1 is 1.17 bits per heavy atom. The molecule has 2 aromatic heterocycles. The van der Waals surface area contributed by atoms with E-state index in [0.29, 0.717) is 6.54 Å². The van der Waals surface area contributed by atoms with Crippen molar-refractivity contribution in [2.75, 3.05) is 18.5 Å². The van der Waals surface area contributed by atoms with E-state index in [-0.39, 0.29) is 0 Å². The molecule has 120 valence electrons. The topological polar surface area (TPSA) is 70.8 Å². The van der Waals surface area contributed by atoms with Crippen molar-refractivity contribution in [3.05, 3.63) is 53.1 Å². The van der Waals surface area contributed by atoms with E-state index < -0.39 is 0 Å². The Morgan fingerprint density at radius 3 is 2.70 bits per heavy atom. The van der Waals surface area contributed by atoms with E-state index in [0.717, 1.165) is 30.3 Å². The third-order valence-electron chi connectivity index (χ3n) is 4.13. The van der Waals surface area contributed by atoms with Gasteiger partial charge in [0.25, 0.3) is 0 Å². The Morgan fingerprint density at radius 2 is 1.96 bits per heavy atom. The van der Waals surface area contributed by atoms with Crippen molar-refractivity contribution in [1.82, 2.24) is 15.0 Å². The van der Waals surface area contributed by atoms with Crippen LogP contribution in [0.3, 0.4) is 0 Å². The van der Waals surface area contributed by atoms with Crippen LogP contribution in [0.2, 0.25) is 0 Å². The van der Waals surface area contributed by atoms with Crippen LogP contribution in [0, 0.1) is 13.8 Å². The molecule has 3 aromatic rings. The maximum Gasteiger partial charge on any atom is 0.132 e. The summed E-state index contributed by atoms with van der Waals surface area (Å²) >= 11 is 0. The summed E-state index contributed by atoms with van der Waals surface area (Å²) in [5.74, 6) is 1.71. The number of para-hydroxylation sites is 1. The second-order valence-corrected chi connectivity index (χ2v) is 5.93. The molecule has 0 saturated carbocycles. The molecule has 5 heteroatoms. The summed E-state index contributed by atoms with van der Waals surface area (Å²) in [4.78, 5) is 14.7. The van der Waals surface area contributed by atoms with E-state index in [1.54, 1.807) is 0 Å². The summed E-state index contributed by atoms with van der Waals surface area (Å²) in [5, 5.41) is 1.28. The minimum atomic E-state index is 0.598. The molecule has 3 rings (SSSR count). The van der Waals surface area contributed by atoms with Crippen molar-refractivity contribution in [3.63, 3.8) is 0 Å². The predicted octanol–water partition coefficient (Wildman–Crippen LogP) is 2.71. The molecule has 0 unspecified atom stereocenters. The monoisotopic (exact) mass is 309 g/mol. The van der Waals surface area contributed by atoms with Crippen molar-refractivity contribution >= 4 is 16.7 Å². The van der Waals surface area contributed by atoms with Gasteiger partial charge < -0.3 is 15.6 Å². The lowest BCUT2D eigenvalue weighted by atomic mass is 10.1. The van der Waals surface area contributed by atoms with Gasteiger partial charge in [-0.05, 0) is 32.0 Å². The van der Waals surface area contributed by atoms with Gasteiger partial charge in [0.1, 0.15) is 11.6 Å². The molecule has 0 spiro atoms. The van der Waals surface area contributed by atoms with Crippen LogP contribution in [0.5, 0.6) is 0 Å². The SMILES string of the molecule is Cc1nc(CCN)cc(N(C)Cc2[nH]c3ccccc3c2C)n1. The first kappa shape index (κ1) is 15.5. The second-order valence-electron chi connectivity index (χ2n) is 5.93. The molecule has 0 radical (unpaired) electrons. The van der Waals surface area contributed by atoms with Gasteiger partial charge in [-0.3, -0.25) is 0 Å². The lowest BCUT2D eigenvalue weighted by Gasteiger charge is -2.19. The van der Waals surface area contributed by atoms with Crippen LogP contribution in [0.4, 0.5) is 5.82 Å². The maximum absolute atomic E-state index is 5.64. The number of fused-ring (bicyclic) bond motifs is 1. The van der Waals surface area contributed by atoms with Gasteiger partial charge in [-0.15, -0.1) is 0 Å². The number of nitrogens with two attached hydrogens (primary N) is 1. The number of H-pyrrole nitrogens is 1. The van der Waals surface area contributed by atoms with Gasteiger partial charge >= 0.3 is 0 Å². The molecule has 5 nitrogen and oxygen atoms in total. The molecule has 0 bridgehead atoms. The lowest BCUT2D eigenvalue weighted by molar-refractivity contribution is 0.833. The first-order valence-electron chi connectivity index (χ1n) is 7.90. The zero-order valence-electron chi connectivity index (χ0n) is 13.9. The van der Waals surface area contributed by atoms with Crippen LogP contribution >= 0.6 is 0 Å². The second kappa shape index (κ2) is 6.38. The molecular weight excluding hydrogens is 286 g/mol. The third-order valence-corrected chi connectivity index (χ3v) is 4.13. The summed E-state index contributed by atoms with van der Waals surface area (Å²) in [6.07, 6.45) is 0.773. The summed E-state index contributed by atoms with van der Waals surface area (Å²) in [5.41, 5.74) is 10.3. The molecule has 2 heterocycles. The van der Waals surface area contributed by atoms with Crippen molar-refractivity contribution in [1.29, 1.82) is 0 Å². The average molecular weight is 309 g/mol. The minimum Gasteiger partial charge on any atom is -0.357 e. The van der Waals surface area contributed by atoms with Crippen LogP contribution in [-0.2, 0) is 13.0 Å². The van der Waals surface area contributed by atoms with Crippen molar-refractivity contribution in [2.24, 2.45) is 5.73 Å². The Bertz CT molecular complexity index is 821. The van der Waals surface area contributed by atoms with Gasteiger partial charge in [0.05, 0.1) is 6.54 Å². The van der Waals surface area contributed by atoms with Crippen molar-refractivity contribution in [2.45, 2.75) is 26.8 Å². The number of aryl methyl sites for hydroxylation is 2. The zero-order valence-corrected chi connectivity index (χ0v) is 13.9. The Balaban J connectivity index is 1.88. The number of hydrogen-bond acceptors (Lipinski definition) is 4. The standard InChI is InChI=1S/C18H23N5/c1-12-15-6-4-5-7-16(15)22-17(12)11-23(3)18-10-14(8-9-19)20-13(2)21-18/h4-7,10,22H,8-9,11,19H2,1-3H3. The number of hydrogen-bond donors (Lipinski definition) is 2. The van der Waals surface area contributed by atoms with Crippen LogP contribution in [0.25, 0.3) is 10.9 Å². The normalized spacial score (nSPS) is 11.1. The number of anilines is 1. The highest BCUT2D eigenvalue weighted by atomic mass is 15.2. The Kier molecular flexibility index (Phi) is 4.30. The van der Waals surface area contributed by atoms with Crippen LogP contribution in [0.1, 0.15) is 22.8 Å². The van der Waals surface area contributed by atoms with Gasteiger partial charge in [0, 0.05) is 41.8 Å². The van der Waals surface area contributed by atoms with Gasteiger partial charge in [-0.2, -0.15) is 0 Å². The quantitative estimate of drug-likeness (QED) is 0.760. The van der Waals surface area contributed by atoms with Crippen LogP contribution in [-0.4, -0.2) is 28.5 Å². The van der Waals surface area contributed by atoms with Gasteiger partial charge in [-0.1, -0.05) is 18.2 Å². The number of aromatic nitrogens is 3. The van der Waals surface area contributed by atoms with E-state index in [1.807, 2.05) is 13.0 Å². The Labute approximate surface area is 136 Å². The third kappa shape index (κ3) is 3.19. The lowest BCUT2D eigenvalue weighted by Crippen LogP contribution is -2.20. The van der Waals surface area contributed by atoms with Crippen LogP contribution < -0.4 is 10.6 Å².